The molecule has 2 heterocycles. The van der Waals surface area contributed by atoms with Crippen molar-refractivity contribution in [3.8, 4) is 0 Å². The third kappa shape index (κ3) is 2.27. The molecule has 110 valence electrons. The molecule has 2 amide bonds. The number of nitrogens with one attached hydrogen (secondary N) is 2. The van der Waals surface area contributed by atoms with Crippen LogP contribution in [0.3, 0.4) is 0 Å². The summed E-state index contributed by atoms with van der Waals surface area (Å²) in [5, 5.41) is 4.31. The Labute approximate surface area is 127 Å². The molecule has 1 aliphatic heterocycles. The zero-order valence-electron chi connectivity index (χ0n) is 11.9. The highest BCUT2D eigenvalue weighted by Crippen LogP contribution is 2.24. The molecule has 1 saturated heterocycles. The molecule has 2 aromatic rings. The lowest BCUT2D eigenvalue weighted by atomic mass is 9.98. The van der Waals surface area contributed by atoms with E-state index < -0.39 is 5.54 Å². The van der Waals surface area contributed by atoms with Crippen LogP contribution in [0, 0.1) is 0 Å². The van der Waals surface area contributed by atoms with Crippen LogP contribution >= 0.6 is 11.6 Å². The molecule has 0 unspecified atom stereocenters. The Morgan fingerprint density at radius 3 is 2.86 bits per heavy atom. The number of H-pyrrole nitrogens is 1. The van der Waals surface area contributed by atoms with Crippen molar-refractivity contribution in [3.63, 3.8) is 0 Å². The van der Waals surface area contributed by atoms with Gasteiger partial charge in [0.1, 0.15) is 11.2 Å². The van der Waals surface area contributed by atoms with E-state index in [4.69, 9.17) is 11.6 Å². The van der Waals surface area contributed by atoms with Gasteiger partial charge < -0.3 is 15.2 Å². The highest BCUT2D eigenvalue weighted by molar-refractivity contribution is 6.31. The van der Waals surface area contributed by atoms with E-state index >= 15 is 0 Å². The van der Waals surface area contributed by atoms with Gasteiger partial charge in [-0.3, -0.25) is 9.59 Å². The van der Waals surface area contributed by atoms with Crippen LogP contribution in [-0.4, -0.2) is 40.3 Å². The van der Waals surface area contributed by atoms with Crippen molar-refractivity contribution in [2.24, 2.45) is 0 Å². The Morgan fingerprint density at radius 2 is 2.10 bits per heavy atom. The van der Waals surface area contributed by atoms with E-state index in [1.807, 2.05) is 6.07 Å². The Bertz CT molecular complexity index is 736. The van der Waals surface area contributed by atoms with Gasteiger partial charge in [-0.1, -0.05) is 17.7 Å². The summed E-state index contributed by atoms with van der Waals surface area (Å²) >= 11 is 5.95. The first kappa shape index (κ1) is 13.9. The molecule has 0 aliphatic carbocycles. The van der Waals surface area contributed by atoms with Gasteiger partial charge in [0.15, 0.2) is 0 Å². The molecule has 1 fully saturated rings. The van der Waals surface area contributed by atoms with Gasteiger partial charge in [-0.05, 0) is 32.0 Å². The smallest absolute Gasteiger partial charge is 0.271 e. The lowest BCUT2D eigenvalue weighted by molar-refractivity contribution is -0.133. The number of carbonyl (C=O) groups is 2. The molecule has 0 radical (unpaired) electrons. The van der Waals surface area contributed by atoms with Crippen molar-refractivity contribution >= 4 is 34.3 Å². The van der Waals surface area contributed by atoms with E-state index in [2.05, 4.69) is 10.3 Å². The Kier molecular flexibility index (Phi) is 3.17. The normalized spacial score (nSPS) is 17.9. The monoisotopic (exact) mass is 305 g/mol. The molecule has 0 saturated carbocycles. The van der Waals surface area contributed by atoms with E-state index in [1.165, 1.54) is 0 Å². The molecule has 5 nitrogen and oxygen atoms in total. The molecule has 21 heavy (non-hydrogen) atoms. The highest BCUT2D eigenvalue weighted by atomic mass is 35.5. The van der Waals surface area contributed by atoms with Crippen LogP contribution in [0.15, 0.2) is 24.3 Å². The molecule has 0 bridgehead atoms. The second kappa shape index (κ2) is 4.77. The minimum absolute atomic E-state index is 0.138. The highest BCUT2D eigenvalue weighted by Gasteiger charge is 2.41. The number of hydrogen-bond donors (Lipinski definition) is 2. The Morgan fingerprint density at radius 1 is 1.33 bits per heavy atom. The molecule has 3 rings (SSSR count). The molecule has 1 aromatic carbocycles. The van der Waals surface area contributed by atoms with Gasteiger partial charge in [-0.2, -0.15) is 0 Å². The van der Waals surface area contributed by atoms with Crippen LogP contribution in [0.2, 0.25) is 5.02 Å². The molecule has 1 aromatic heterocycles. The Balaban J connectivity index is 1.98. The lowest BCUT2D eigenvalue weighted by Crippen LogP contribution is -2.63. The molecule has 0 atom stereocenters. The van der Waals surface area contributed by atoms with E-state index in [9.17, 15) is 9.59 Å². The largest absolute Gasteiger partial charge is 0.352 e. The number of carbonyl (C=O) groups excluding carboxylic acids is 2. The van der Waals surface area contributed by atoms with E-state index in [-0.39, 0.29) is 11.8 Å². The predicted molar refractivity (Wildman–Crippen MR) is 81.4 cm³/mol. The van der Waals surface area contributed by atoms with E-state index in [0.717, 1.165) is 10.9 Å². The quantitative estimate of drug-likeness (QED) is 0.848. The topological polar surface area (TPSA) is 65.2 Å². The molecular weight excluding hydrogens is 290 g/mol. The van der Waals surface area contributed by atoms with Gasteiger partial charge in [-0.25, -0.2) is 0 Å². The average molecular weight is 306 g/mol. The van der Waals surface area contributed by atoms with Crippen LogP contribution < -0.4 is 5.32 Å². The van der Waals surface area contributed by atoms with Gasteiger partial charge in [0.2, 0.25) is 5.91 Å². The van der Waals surface area contributed by atoms with Crippen molar-refractivity contribution in [1.29, 1.82) is 0 Å². The van der Waals surface area contributed by atoms with Crippen LogP contribution in [0.1, 0.15) is 24.3 Å². The van der Waals surface area contributed by atoms with Crippen molar-refractivity contribution in [3.05, 3.63) is 35.0 Å². The van der Waals surface area contributed by atoms with Crippen LogP contribution in [0.4, 0.5) is 0 Å². The molecule has 1 aliphatic rings. The molecule has 6 heteroatoms. The van der Waals surface area contributed by atoms with Gasteiger partial charge in [0.25, 0.3) is 5.91 Å². The fourth-order valence-electron chi connectivity index (χ4n) is 2.61. The van der Waals surface area contributed by atoms with E-state index in [1.54, 1.807) is 36.9 Å². The predicted octanol–water partition coefficient (Wildman–Crippen LogP) is 2.17. The van der Waals surface area contributed by atoms with Crippen molar-refractivity contribution in [2.75, 3.05) is 13.1 Å². The summed E-state index contributed by atoms with van der Waals surface area (Å²) in [4.78, 5) is 29.3. The van der Waals surface area contributed by atoms with Crippen LogP contribution in [-0.2, 0) is 4.79 Å². The first-order valence-electron chi connectivity index (χ1n) is 6.78. The van der Waals surface area contributed by atoms with E-state index in [0.29, 0.717) is 23.8 Å². The number of aromatic nitrogens is 1. The fraction of sp³-hybridized carbons (Fsp3) is 0.333. The molecule has 0 spiro atoms. The summed E-state index contributed by atoms with van der Waals surface area (Å²) in [5.41, 5.74) is 0.421. The Hall–Kier alpha value is -2.01. The summed E-state index contributed by atoms with van der Waals surface area (Å²) in [6.45, 7) is 4.46. The second-order valence-electron chi connectivity index (χ2n) is 5.69. The summed E-state index contributed by atoms with van der Waals surface area (Å²) in [7, 11) is 0. The minimum Gasteiger partial charge on any atom is -0.352 e. The van der Waals surface area contributed by atoms with Crippen LogP contribution in [0.5, 0.6) is 0 Å². The van der Waals surface area contributed by atoms with Gasteiger partial charge in [-0.15, -0.1) is 0 Å². The van der Waals surface area contributed by atoms with Crippen molar-refractivity contribution in [2.45, 2.75) is 19.4 Å². The zero-order valence-corrected chi connectivity index (χ0v) is 12.6. The average Bonchev–Trinajstić information content (AvgIpc) is 2.84. The third-order valence-corrected chi connectivity index (χ3v) is 4.15. The maximum absolute atomic E-state index is 12.7. The van der Waals surface area contributed by atoms with Crippen molar-refractivity contribution in [1.82, 2.24) is 15.2 Å². The number of fused-ring (bicyclic) bond motifs is 1. The summed E-state index contributed by atoms with van der Waals surface area (Å²) < 4.78 is 0. The fourth-order valence-corrected chi connectivity index (χ4v) is 2.79. The number of halogens is 1. The maximum atomic E-state index is 12.7. The number of aromatic amines is 1. The van der Waals surface area contributed by atoms with Gasteiger partial charge >= 0.3 is 0 Å². The molecular formula is C15H16ClN3O2. The maximum Gasteiger partial charge on any atom is 0.271 e. The number of benzene rings is 1. The number of piperazine rings is 1. The van der Waals surface area contributed by atoms with Crippen molar-refractivity contribution < 1.29 is 9.59 Å². The first-order chi connectivity index (χ1) is 9.89. The van der Waals surface area contributed by atoms with Gasteiger partial charge in [0.05, 0.1) is 0 Å². The van der Waals surface area contributed by atoms with Crippen LogP contribution in [0.25, 0.3) is 10.9 Å². The summed E-state index contributed by atoms with van der Waals surface area (Å²) in [5.74, 6) is -0.316. The second-order valence-corrected chi connectivity index (χ2v) is 6.12. The number of amides is 2. The minimum atomic E-state index is -0.857. The summed E-state index contributed by atoms with van der Waals surface area (Å²) in [6, 6.07) is 7.21. The SMILES string of the molecule is CC1(C)C(=O)NCCN1C(=O)c1cc2ccc(Cl)cc2[nH]1. The third-order valence-electron chi connectivity index (χ3n) is 3.91. The first-order valence-corrected chi connectivity index (χ1v) is 7.16. The zero-order chi connectivity index (χ0) is 15.2. The molecule has 2 N–H and O–H groups in total. The number of nitrogens with zero attached hydrogens (tertiary/aromatic N) is 1. The number of rotatable bonds is 1. The van der Waals surface area contributed by atoms with Gasteiger partial charge in [0, 0.05) is 29.0 Å². The summed E-state index contributed by atoms with van der Waals surface area (Å²) in [6.07, 6.45) is 0. The number of hydrogen-bond acceptors (Lipinski definition) is 2. The standard InChI is InChI=1S/C15H16ClN3O2/c1-15(2)14(21)17-5-6-19(15)13(20)12-7-9-3-4-10(16)8-11(9)18-12/h3-4,7-8,18H,5-6H2,1-2H3,(H,17,21). The lowest BCUT2D eigenvalue weighted by Gasteiger charge is -2.40.